The van der Waals surface area contributed by atoms with Gasteiger partial charge in [0, 0.05) is 11.7 Å². The second-order valence-electron chi connectivity index (χ2n) is 5.31. The van der Waals surface area contributed by atoms with Crippen molar-refractivity contribution < 1.29 is 14.7 Å². The van der Waals surface area contributed by atoms with Gasteiger partial charge in [0.15, 0.2) is 0 Å². The largest absolute Gasteiger partial charge is 0.481 e. The van der Waals surface area contributed by atoms with Crippen LogP contribution >= 0.6 is 0 Å². The van der Waals surface area contributed by atoms with Crippen molar-refractivity contribution in [2.24, 2.45) is 0 Å². The number of anilines is 1. The molecule has 0 bridgehead atoms. The number of carboxylic acids is 1. The van der Waals surface area contributed by atoms with Gasteiger partial charge in [-0.2, -0.15) is 0 Å². The van der Waals surface area contributed by atoms with Crippen molar-refractivity contribution in [3.63, 3.8) is 0 Å². The molecule has 1 aromatic carbocycles. The van der Waals surface area contributed by atoms with Gasteiger partial charge in [-0.3, -0.25) is 14.5 Å². The second kappa shape index (κ2) is 7.78. The average Bonchev–Trinajstić information content (AvgIpc) is 2.40. The zero-order valence-electron chi connectivity index (χ0n) is 13.1. The van der Waals surface area contributed by atoms with Crippen molar-refractivity contribution in [1.82, 2.24) is 4.90 Å². The SMILES string of the molecule is CCN(CC(=O)Nc1cccc(C)c1C)C(C)CC(=O)O. The number of nitrogens with zero attached hydrogens (tertiary/aromatic N) is 1. The molecule has 0 fully saturated rings. The smallest absolute Gasteiger partial charge is 0.304 e. The van der Waals surface area contributed by atoms with E-state index in [9.17, 15) is 9.59 Å². The number of amides is 1. The maximum absolute atomic E-state index is 12.1. The van der Waals surface area contributed by atoms with Gasteiger partial charge in [0.05, 0.1) is 13.0 Å². The normalized spacial score (nSPS) is 12.2. The molecule has 0 saturated heterocycles. The van der Waals surface area contributed by atoms with Crippen molar-refractivity contribution >= 4 is 17.6 Å². The standard InChI is InChI=1S/C16H24N2O3/c1-5-18(12(3)9-16(20)21)10-15(19)17-14-8-6-7-11(2)13(14)4/h6-8,12H,5,9-10H2,1-4H3,(H,17,19)(H,20,21). The number of nitrogens with one attached hydrogen (secondary N) is 1. The highest BCUT2D eigenvalue weighted by atomic mass is 16.4. The molecular weight excluding hydrogens is 268 g/mol. The molecule has 0 radical (unpaired) electrons. The number of carbonyl (C=O) groups is 2. The molecule has 0 aromatic heterocycles. The minimum atomic E-state index is -0.851. The number of likely N-dealkylation sites (N-methyl/N-ethyl adjacent to an activating group) is 1. The maximum Gasteiger partial charge on any atom is 0.304 e. The fourth-order valence-corrected chi connectivity index (χ4v) is 2.22. The van der Waals surface area contributed by atoms with Crippen LogP contribution in [0.15, 0.2) is 18.2 Å². The van der Waals surface area contributed by atoms with Crippen molar-refractivity contribution in [1.29, 1.82) is 0 Å². The molecule has 0 aliphatic rings. The number of carbonyl (C=O) groups excluding carboxylic acids is 1. The Hall–Kier alpha value is -1.88. The van der Waals surface area contributed by atoms with Crippen LogP contribution in [-0.4, -0.2) is 41.0 Å². The van der Waals surface area contributed by atoms with Gasteiger partial charge in [0.1, 0.15) is 0 Å². The van der Waals surface area contributed by atoms with Crippen LogP contribution in [0.4, 0.5) is 5.69 Å². The van der Waals surface area contributed by atoms with E-state index in [4.69, 9.17) is 5.11 Å². The molecule has 5 nitrogen and oxygen atoms in total. The van der Waals surface area contributed by atoms with E-state index in [0.29, 0.717) is 6.54 Å². The Morgan fingerprint density at radius 2 is 2.00 bits per heavy atom. The van der Waals surface area contributed by atoms with Gasteiger partial charge in [-0.15, -0.1) is 0 Å². The van der Waals surface area contributed by atoms with Crippen LogP contribution in [0, 0.1) is 13.8 Å². The summed E-state index contributed by atoms with van der Waals surface area (Å²) < 4.78 is 0. The molecule has 1 aromatic rings. The van der Waals surface area contributed by atoms with E-state index in [1.165, 1.54) is 0 Å². The quantitative estimate of drug-likeness (QED) is 0.810. The maximum atomic E-state index is 12.1. The van der Waals surface area contributed by atoms with Crippen LogP contribution < -0.4 is 5.32 Å². The van der Waals surface area contributed by atoms with Crippen molar-refractivity contribution in [3.8, 4) is 0 Å². The molecule has 0 aliphatic carbocycles. The highest BCUT2D eigenvalue weighted by Crippen LogP contribution is 2.18. The molecule has 1 atom stereocenters. The lowest BCUT2D eigenvalue weighted by Gasteiger charge is -2.26. The van der Waals surface area contributed by atoms with Crippen LogP contribution in [-0.2, 0) is 9.59 Å². The summed E-state index contributed by atoms with van der Waals surface area (Å²) in [7, 11) is 0. The first-order valence-corrected chi connectivity index (χ1v) is 7.17. The number of aryl methyl sites for hydroxylation is 1. The number of hydrogen-bond acceptors (Lipinski definition) is 3. The molecule has 21 heavy (non-hydrogen) atoms. The van der Waals surface area contributed by atoms with Gasteiger partial charge in [0.2, 0.25) is 5.91 Å². The monoisotopic (exact) mass is 292 g/mol. The van der Waals surface area contributed by atoms with E-state index >= 15 is 0 Å². The summed E-state index contributed by atoms with van der Waals surface area (Å²) in [6, 6.07) is 5.61. The van der Waals surface area contributed by atoms with Crippen LogP contribution in [0.1, 0.15) is 31.4 Å². The Labute approximate surface area is 126 Å². The molecule has 0 spiro atoms. The Kier molecular flexibility index (Phi) is 6.37. The van der Waals surface area contributed by atoms with Crippen LogP contribution in [0.3, 0.4) is 0 Å². The Morgan fingerprint density at radius 1 is 1.33 bits per heavy atom. The molecule has 2 N–H and O–H groups in total. The fourth-order valence-electron chi connectivity index (χ4n) is 2.22. The van der Waals surface area contributed by atoms with E-state index < -0.39 is 5.97 Å². The predicted molar refractivity (Wildman–Crippen MR) is 83.5 cm³/mol. The number of rotatable bonds is 7. The van der Waals surface area contributed by atoms with Gasteiger partial charge >= 0.3 is 5.97 Å². The highest BCUT2D eigenvalue weighted by molar-refractivity contribution is 5.93. The molecule has 116 valence electrons. The second-order valence-corrected chi connectivity index (χ2v) is 5.31. The molecule has 0 saturated carbocycles. The van der Waals surface area contributed by atoms with Gasteiger partial charge < -0.3 is 10.4 Å². The van der Waals surface area contributed by atoms with Crippen LogP contribution in [0.25, 0.3) is 0 Å². The minimum Gasteiger partial charge on any atom is -0.481 e. The lowest BCUT2D eigenvalue weighted by molar-refractivity contribution is -0.138. The van der Waals surface area contributed by atoms with Crippen molar-refractivity contribution in [2.45, 2.75) is 40.2 Å². The summed E-state index contributed by atoms with van der Waals surface area (Å²) in [6.07, 6.45) is 0.0323. The minimum absolute atomic E-state index is 0.0323. The van der Waals surface area contributed by atoms with Gasteiger partial charge in [0.25, 0.3) is 0 Å². The predicted octanol–water partition coefficient (Wildman–Crippen LogP) is 2.43. The zero-order valence-corrected chi connectivity index (χ0v) is 13.1. The third-order valence-electron chi connectivity index (χ3n) is 3.72. The van der Waals surface area contributed by atoms with Crippen LogP contribution in [0.5, 0.6) is 0 Å². The summed E-state index contributed by atoms with van der Waals surface area (Å²) >= 11 is 0. The molecule has 0 heterocycles. The van der Waals surface area contributed by atoms with Gasteiger partial charge in [-0.1, -0.05) is 19.1 Å². The van der Waals surface area contributed by atoms with Gasteiger partial charge in [-0.25, -0.2) is 0 Å². The molecule has 1 rings (SSSR count). The summed E-state index contributed by atoms with van der Waals surface area (Å²) in [4.78, 5) is 24.8. The number of hydrogen-bond donors (Lipinski definition) is 2. The molecule has 1 unspecified atom stereocenters. The summed E-state index contributed by atoms with van der Waals surface area (Å²) in [5, 5.41) is 11.7. The fraction of sp³-hybridized carbons (Fsp3) is 0.500. The number of benzene rings is 1. The summed E-state index contributed by atoms with van der Waals surface area (Å²) in [5.41, 5.74) is 2.98. The van der Waals surface area contributed by atoms with E-state index in [2.05, 4.69) is 5.32 Å². The van der Waals surface area contributed by atoms with E-state index in [1.807, 2.05) is 50.8 Å². The number of aliphatic carboxylic acids is 1. The lowest BCUT2D eigenvalue weighted by atomic mass is 10.1. The first-order chi connectivity index (χ1) is 9.85. The van der Waals surface area contributed by atoms with E-state index in [1.54, 1.807) is 0 Å². The molecule has 1 amide bonds. The molecular formula is C16H24N2O3. The average molecular weight is 292 g/mol. The van der Waals surface area contributed by atoms with E-state index in [0.717, 1.165) is 16.8 Å². The third kappa shape index (κ3) is 5.19. The Bertz CT molecular complexity index is 514. The molecule has 5 heteroatoms. The highest BCUT2D eigenvalue weighted by Gasteiger charge is 2.18. The zero-order chi connectivity index (χ0) is 16.0. The Balaban J connectivity index is 2.67. The van der Waals surface area contributed by atoms with Crippen molar-refractivity contribution in [2.75, 3.05) is 18.4 Å². The van der Waals surface area contributed by atoms with Crippen molar-refractivity contribution in [3.05, 3.63) is 29.3 Å². The van der Waals surface area contributed by atoms with Crippen LogP contribution in [0.2, 0.25) is 0 Å². The molecule has 0 aliphatic heterocycles. The first kappa shape index (κ1) is 17.2. The summed E-state index contributed by atoms with van der Waals surface area (Å²) in [5.74, 6) is -0.973. The number of carboxylic acid groups (broad SMARTS) is 1. The topological polar surface area (TPSA) is 69.6 Å². The lowest BCUT2D eigenvalue weighted by Crippen LogP contribution is -2.40. The summed E-state index contributed by atoms with van der Waals surface area (Å²) in [6.45, 7) is 8.53. The Morgan fingerprint density at radius 3 is 2.57 bits per heavy atom. The third-order valence-corrected chi connectivity index (χ3v) is 3.72. The van der Waals surface area contributed by atoms with Gasteiger partial charge in [-0.05, 0) is 44.5 Å². The van der Waals surface area contributed by atoms with E-state index in [-0.39, 0.29) is 24.9 Å². The first-order valence-electron chi connectivity index (χ1n) is 7.17.